The Morgan fingerprint density at radius 2 is 1.00 bits per heavy atom. The summed E-state index contributed by atoms with van der Waals surface area (Å²) in [5, 5.41) is 11.6. The molecule has 7 nitrogen and oxygen atoms in total. The van der Waals surface area contributed by atoms with Gasteiger partial charge in [-0.1, -0.05) is 251 Å². The van der Waals surface area contributed by atoms with Crippen molar-refractivity contribution in [2.24, 2.45) is 10.8 Å². The van der Waals surface area contributed by atoms with E-state index in [2.05, 4.69) is 134 Å². The van der Waals surface area contributed by atoms with Crippen molar-refractivity contribution in [2.45, 2.75) is 285 Å². The number of carbonyl (C=O) groups excluding carboxylic acids is 3. The Morgan fingerprint density at radius 1 is 0.542 bits per heavy atom. The molecule has 3 aliphatic rings. The molecular weight excluding hydrogens is 1020 g/mol. The van der Waals surface area contributed by atoms with Crippen molar-refractivity contribution in [3.8, 4) is 0 Å². The number of rotatable bonds is 39. The van der Waals surface area contributed by atoms with E-state index in [0.717, 1.165) is 80.1 Å². The van der Waals surface area contributed by atoms with Gasteiger partial charge in [0.1, 0.15) is 17.8 Å². The monoisotopic (exact) mass is 1140 g/mol. The van der Waals surface area contributed by atoms with E-state index in [0.29, 0.717) is 50.5 Å². The van der Waals surface area contributed by atoms with Crippen LogP contribution in [0, 0.1) is 10.8 Å². The Morgan fingerprint density at radius 3 is 1.51 bits per heavy atom. The second-order valence-corrected chi connectivity index (χ2v) is 25.8. The van der Waals surface area contributed by atoms with Crippen LogP contribution in [0.25, 0.3) is 0 Å². The predicted molar refractivity (Wildman–Crippen MR) is 351 cm³/mol. The standard InChI is InChI=1S/C76H114O7/c1-13-15-17-19-21-23-25-27-28-29-30-32-34-36-38-40-42-54-71(79)82-67-58-73(9,10)76(75(12,60-67)83-76)61-68(77)65(6)52-46-51-63(4)48-44-43-47-62(3)49-45-50-64(5)55-56-69-72(7,8)57-66(59-74(69,11)80)81-70(78)53-41-39-37-35-33-31-26-24-22-20-18-16-14-2/h15,17,21,23,27-28,30,32,36,38,43-52,55,66-67,80H,13-14,16,18-20,22,24-26,29,31,33-35,37,39-42,53-54,57-61H2,1-12H3/b17-15-,23-21-,28-27-,32-30-,38-36-,44-43+,49-45+,51-46+,62-47+,63-48+,64-50+,65-52+/t56?,66-,67-,74+,75+,76-/m0/s1. The van der Waals surface area contributed by atoms with Crippen molar-refractivity contribution in [2.75, 3.05) is 0 Å². The Hall–Kier alpha value is -5.07. The molecule has 1 aliphatic heterocycles. The van der Waals surface area contributed by atoms with Crippen LogP contribution in [0.1, 0.15) is 256 Å². The molecule has 1 saturated heterocycles. The molecule has 3 rings (SSSR count). The highest BCUT2D eigenvalue weighted by molar-refractivity contribution is 5.96. The van der Waals surface area contributed by atoms with Crippen LogP contribution >= 0.6 is 0 Å². The number of Topliss-reactive ketones (excluding diaryl/α,β-unsaturated/α-hetero) is 1. The van der Waals surface area contributed by atoms with Crippen LogP contribution < -0.4 is 0 Å². The summed E-state index contributed by atoms with van der Waals surface area (Å²) < 4.78 is 18.5. The van der Waals surface area contributed by atoms with Gasteiger partial charge in [-0.2, -0.15) is 0 Å². The average molecular weight is 1140 g/mol. The molecule has 0 aromatic heterocycles. The van der Waals surface area contributed by atoms with Crippen LogP contribution in [0.15, 0.2) is 161 Å². The van der Waals surface area contributed by atoms with E-state index in [1.54, 1.807) is 0 Å². The van der Waals surface area contributed by atoms with E-state index >= 15 is 0 Å². The van der Waals surface area contributed by atoms with Crippen molar-refractivity contribution >= 4 is 17.7 Å². The number of epoxide rings is 1. The summed E-state index contributed by atoms with van der Waals surface area (Å²) in [5.74, 6) is -0.251. The van der Waals surface area contributed by atoms with Crippen molar-refractivity contribution in [1.82, 2.24) is 0 Å². The Kier molecular flexibility index (Phi) is 33.7. The van der Waals surface area contributed by atoms with Gasteiger partial charge in [0.2, 0.25) is 0 Å². The number of unbranched alkanes of at least 4 members (excludes halogenated alkanes) is 13. The van der Waals surface area contributed by atoms with E-state index in [1.165, 1.54) is 70.6 Å². The molecule has 5 atom stereocenters. The minimum absolute atomic E-state index is 0.0652. The summed E-state index contributed by atoms with van der Waals surface area (Å²) in [7, 11) is 0. The van der Waals surface area contributed by atoms with Gasteiger partial charge in [-0.25, -0.2) is 0 Å². The number of carbonyl (C=O) groups is 3. The summed E-state index contributed by atoms with van der Waals surface area (Å²) in [5.41, 5.74) is 5.14. The highest BCUT2D eigenvalue weighted by atomic mass is 16.6. The third-order valence-corrected chi connectivity index (χ3v) is 16.8. The molecular formula is C76H114O7. The topological polar surface area (TPSA) is 102 Å². The van der Waals surface area contributed by atoms with E-state index in [-0.39, 0.29) is 40.8 Å². The molecule has 83 heavy (non-hydrogen) atoms. The molecule has 1 heterocycles. The lowest BCUT2D eigenvalue weighted by Gasteiger charge is -2.44. The van der Waals surface area contributed by atoms with Crippen molar-refractivity contribution < 1.29 is 33.7 Å². The molecule has 0 aromatic carbocycles. The molecule has 7 heteroatoms. The second-order valence-electron chi connectivity index (χ2n) is 25.8. The van der Waals surface area contributed by atoms with Crippen LogP contribution in [0.4, 0.5) is 0 Å². The zero-order valence-corrected chi connectivity index (χ0v) is 54.3. The van der Waals surface area contributed by atoms with Gasteiger partial charge in [-0.05, 0) is 128 Å². The van der Waals surface area contributed by atoms with Crippen LogP contribution in [0.2, 0.25) is 0 Å². The van der Waals surface area contributed by atoms with Crippen LogP contribution in [0.5, 0.6) is 0 Å². The largest absolute Gasteiger partial charge is 0.462 e. The van der Waals surface area contributed by atoms with Crippen LogP contribution in [-0.4, -0.2) is 51.8 Å². The fraction of sp³-hybridized carbons (Fsp3) is 0.605. The first-order valence-electron chi connectivity index (χ1n) is 32.4. The lowest BCUT2D eigenvalue weighted by atomic mass is 9.61. The molecule has 0 aromatic rings. The SMILES string of the molecule is CC/C=C\C/C=C\C/C=C\C/C=C\C/C=C\CCCC(=O)O[C@H]1CC(C)(C)[C@]2(CC(=O)/C(C)=C/C=C/C(C)=C/C=C/C=C(C)/C=C/C=C(\C)C=C=C3C(C)(C)C[C@H](OC(=O)CCCCCCCCCCCCCCC)C[C@@]3(C)O)O[C@]2(C)C1. The van der Waals surface area contributed by atoms with Crippen LogP contribution in [-0.2, 0) is 28.6 Å². The predicted octanol–water partition coefficient (Wildman–Crippen LogP) is 20.6. The van der Waals surface area contributed by atoms with Crippen molar-refractivity contribution in [3.05, 3.63) is 161 Å². The molecule has 0 bridgehead atoms. The quantitative estimate of drug-likeness (QED) is 0.0124. The smallest absolute Gasteiger partial charge is 0.306 e. The third-order valence-electron chi connectivity index (χ3n) is 16.8. The van der Waals surface area contributed by atoms with Gasteiger partial charge >= 0.3 is 11.9 Å². The van der Waals surface area contributed by atoms with Gasteiger partial charge in [0.25, 0.3) is 0 Å². The van der Waals surface area contributed by atoms with Gasteiger partial charge in [0.05, 0.1) is 11.2 Å². The molecule has 1 N–H and O–H groups in total. The number of ketones is 1. The molecule has 0 unspecified atom stereocenters. The van der Waals surface area contributed by atoms with Crippen molar-refractivity contribution in [1.29, 1.82) is 0 Å². The minimum Gasteiger partial charge on any atom is -0.462 e. The van der Waals surface area contributed by atoms with Gasteiger partial charge in [0.15, 0.2) is 5.78 Å². The maximum absolute atomic E-state index is 13.6. The number of hydrogen-bond acceptors (Lipinski definition) is 7. The first kappa shape index (κ1) is 72.2. The number of ether oxygens (including phenoxy) is 3. The third kappa shape index (κ3) is 28.1. The Balaban J connectivity index is 1.37. The molecule has 460 valence electrons. The summed E-state index contributed by atoms with van der Waals surface area (Å²) in [6, 6.07) is 0. The number of aliphatic hydroxyl groups is 1. The Bertz CT molecular complexity index is 2420. The molecule has 3 fully saturated rings. The number of esters is 2. The second kappa shape index (κ2) is 38.8. The average Bonchev–Trinajstić information content (AvgIpc) is 1.58. The van der Waals surface area contributed by atoms with E-state index in [4.69, 9.17) is 14.2 Å². The van der Waals surface area contributed by atoms with E-state index in [9.17, 15) is 19.5 Å². The molecule has 0 amide bonds. The highest BCUT2D eigenvalue weighted by Gasteiger charge is 2.76. The summed E-state index contributed by atoms with van der Waals surface area (Å²) >= 11 is 0. The lowest BCUT2D eigenvalue weighted by molar-refractivity contribution is -0.156. The maximum atomic E-state index is 13.6. The first-order chi connectivity index (χ1) is 39.6. The summed E-state index contributed by atoms with van der Waals surface area (Å²) in [6.07, 6.45) is 69.7. The number of hydrogen-bond donors (Lipinski definition) is 1. The zero-order chi connectivity index (χ0) is 61.0. The van der Waals surface area contributed by atoms with Gasteiger partial charge in [-0.3, -0.25) is 14.4 Å². The highest BCUT2D eigenvalue weighted by Crippen LogP contribution is 2.67. The minimum atomic E-state index is -1.13. The van der Waals surface area contributed by atoms with Gasteiger partial charge in [-0.15, -0.1) is 5.73 Å². The zero-order valence-electron chi connectivity index (χ0n) is 54.3. The normalized spacial score (nSPS) is 24.2. The lowest BCUT2D eigenvalue weighted by Crippen LogP contribution is -2.49. The van der Waals surface area contributed by atoms with Gasteiger partial charge in [0, 0.05) is 43.1 Å². The van der Waals surface area contributed by atoms with Crippen LogP contribution in [0.3, 0.4) is 0 Å². The molecule has 2 saturated carbocycles. The summed E-state index contributed by atoms with van der Waals surface area (Å²) in [6.45, 7) is 24.8. The Labute approximate surface area is 506 Å². The van der Waals surface area contributed by atoms with Crippen molar-refractivity contribution in [3.63, 3.8) is 0 Å². The first-order valence-corrected chi connectivity index (χ1v) is 32.4. The molecule has 0 spiro atoms. The fourth-order valence-electron chi connectivity index (χ4n) is 12.1. The van der Waals surface area contributed by atoms with Gasteiger partial charge < -0.3 is 19.3 Å². The molecule has 0 radical (unpaired) electrons. The maximum Gasteiger partial charge on any atom is 0.306 e. The summed E-state index contributed by atoms with van der Waals surface area (Å²) in [4.78, 5) is 39.4. The fourth-order valence-corrected chi connectivity index (χ4v) is 12.1. The van der Waals surface area contributed by atoms with E-state index < -0.39 is 16.8 Å². The number of allylic oxidation sites excluding steroid dienone is 24. The molecule has 2 aliphatic carbocycles. The number of fused-ring (bicyclic) bond motifs is 1. The van der Waals surface area contributed by atoms with E-state index in [1.807, 2.05) is 82.4 Å².